The Balaban J connectivity index is 1.95. The van der Waals surface area contributed by atoms with Gasteiger partial charge in [-0.15, -0.1) is 4.91 Å². The van der Waals surface area contributed by atoms with Crippen molar-refractivity contribution in [1.82, 2.24) is 4.90 Å². The highest BCUT2D eigenvalue weighted by Gasteiger charge is 2.24. The Kier molecular flexibility index (Phi) is 4.34. The van der Waals surface area contributed by atoms with E-state index >= 15 is 0 Å². The second-order valence-electron chi connectivity index (χ2n) is 5.41. The van der Waals surface area contributed by atoms with Gasteiger partial charge in [0.15, 0.2) is 5.69 Å². The van der Waals surface area contributed by atoms with Crippen LogP contribution in [0.2, 0.25) is 0 Å². The zero-order valence-corrected chi connectivity index (χ0v) is 12.8. The third-order valence-electron chi connectivity index (χ3n) is 3.83. The average molecular weight is 311 g/mol. The van der Waals surface area contributed by atoms with Gasteiger partial charge in [-0.2, -0.15) is 0 Å². The van der Waals surface area contributed by atoms with Crippen LogP contribution >= 0.6 is 0 Å². The van der Waals surface area contributed by atoms with Crippen LogP contribution < -0.4 is 10.1 Å². The summed E-state index contributed by atoms with van der Waals surface area (Å²) in [5, 5.41) is 5.94. The molecular formula is C17H17N3O3. The standard InChI is InChI=1S/C17H17N3O3/c1-23-15-8-7-14-13(17(15)19-22)10-20(11-16(21)18-14)9-12-5-3-2-4-6-12/h2-8H,9-11H2,1H3,(H,18,21). The number of carbonyl (C=O) groups is 1. The Morgan fingerprint density at radius 3 is 2.65 bits per heavy atom. The first-order valence-electron chi connectivity index (χ1n) is 7.30. The molecule has 0 spiro atoms. The summed E-state index contributed by atoms with van der Waals surface area (Å²) in [6.07, 6.45) is 0. The highest BCUT2D eigenvalue weighted by atomic mass is 16.5. The number of nitrogens with one attached hydrogen (secondary N) is 1. The first-order chi connectivity index (χ1) is 11.2. The van der Waals surface area contributed by atoms with Gasteiger partial charge in [0.1, 0.15) is 5.75 Å². The molecule has 0 unspecified atom stereocenters. The van der Waals surface area contributed by atoms with Crippen molar-refractivity contribution in [2.24, 2.45) is 5.18 Å². The number of benzene rings is 2. The van der Waals surface area contributed by atoms with Gasteiger partial charge in [-0.3, -0.25) is 9.69 Å². The van der Waals surface area contributed by atoms with Crippen molar-refractivity contribution in [3.8, 4) is 5.75 Å². The van der Waals surface area contributed by atoms with Crippen LogP contribution in [-0.2, 0) is 17.9 Å². The number of fused-ring (bicyclic) bond motifs is 1. The van der Waals surface area contributed by atoms with Crippen LogP contribution in [0.25, 0.3) is 0 Å². The Morgan fingerprint density at radius 1 is 1.17 bits per heavy atom. The molecule has 1 aliphatic rings. The second kappa shape index (κ2) is 6.58. The van der Waals surface area contributed by atoms with Crippen molar-refractivity contribution in [1.29, 1.82) is 0 Å². The quantitative estimate of drug-likeness (QED) is 0.881. The van der Waals surface area contributed by atoms with Gasteiger partial charge in [0, 0.05) is 24.3 Å². The molecule has 2 aromatic carbocycles. The van der Waals surface area contributed by atoms with E-state index in [1.54, 1.807) is 12.1 Å². The van der Waals surface area contributed by atoms with Gasteiger partial charge in [0.25, 0.3) is 0 Å². The van der Waals surface area contributed by atoms with Gasteiger partial charge in [0.2, 0.25) is 5.91 Å². The molecule has 3 rings (SSSR count). The number of carbonyl (C=O) groups excluding carboxylic acids is 1. The van der Waals surface area contributed by atoms with Crippen molar-refractivity contribution in [3.63, 3.8) is 0 Å². The van der Waals surface area contributed by atoms with E-state index in [9.17, 15) is 9.70 Å². The largest absolute Gasteiger partial charge is 0.494 e. The summed E-state index contributed by atoms with van der Waals surface area (Å²) < 4.78 is 5.20. The predicted octanol–water partition coefficient (Wildman–Crippen LogP) is 3.05. The molecule has 0 fully saturated rings. The normalized spacial score (nSPS) is 14.6. The minimum atomic E-state index is -0.110. The van der Waals surface area contributed by atoms with Crippen LogP contribution in [0.3, 0.4) is 0 Å². The average Bonchev–Trinajstić information content (AvgIpc) is 2.72. The van der Waals surface area contributed by atoms with Gasteiger partial charge < -0.3 is 10.1 Å². The zero-order chi connectivity index (χ0) is 16.2. The summed E-state index contributed by atoms with van der Waals surface area (Å²) in [4.78, 5) is 25.3. The Labute approximate surface area is 134 Å². The van der Waals surface area contributed by atoms with Crippen LogP contribution in [0.4, 0.5) is 11.4 Å². The predicted molar refractivity (Wildman–Crippen MR) is 87.6 cm³/mol. The number of nitroso groups, excluding NO2 is 1. The van der Waals surface area contributed by atoms with Crippen molar-refractivity contribution in [2.75, 3.05) is 19.0 Å². The fraction of sp³-hybridized carbons (Fsp3) is 0.235. The molecular weight excluding hydrogens is 294 g/mol. The van der Waals surface area contributed by atoms with Crippen LogP contribution in [0, 0.1) is 4.91 Å². The third-order valence-corrected chi connectivity index (χ3v) is 3.83. The molecule has 0 aromatic heterocycles. The fourth-order valence-corrected chi connectivity index (χ4v) is 2.78. The van der Waals surface area contributed by atoms with Crippen LogP contribution in [0.15, 0.2) is 47.6 Å². The van der Waals surface area contributed by atoms with E-state index in [0.29, 0.717) is 30.1 Å². The maximum absolute atomic E-state index is 12.1. The molecule has 1 N–H and O–H groups in total. The molecule has 0 radical (unpaired) electrons. The molecule has 23 heavy (non-hydrogen) atoms. The molecule has 1 heterocycles. The highest BCUT2D eigenvalue weighted by molar-refractivity contribution is 5.95. The molecule has 118 valence electrons. The van der Waals surface area contributed by atoms with E-state index in [0.717, 1.165) is 5.56 Å². The number of nitrogens with zero attached hydrogens (tertiary/aromatic N) is 2. The maximum Gasteiger partial charge on any atom is 0.238 e. The van der Waals surface area contributed by atoms with E-state index < -0.39 is 0 Å². The summed E-state index contributed by atoms with van der Waals surface area (Å²) in [5.74, 6) is 0.302. The lowest BCUT2D eigenvalue weighted by Gasteiger charge is -2.20. The Morgan fingerprint density at radius 2 is 1.96 bits per heavy atom. The molecule has 0 saturated heterocycles. The Hall–Kier alpha value is -2.73. The van der Waals surface area contributed by atoms with Gasteiger partial charge >= 0.3 is 0 Å². The van der Waals surface area contributed by atoms with Crippen molar-refractivity contribution in [3.05, 3.63) is 58.5 Å². The van der Waals surface area contributed by atoms with Crippen molar-refractivity contribution >= 4 is 17.3 Å². The van der Waals surface area contributed by atoms with Crippen LogP contribution in [-0.4, -0.2) is 24.5 Å². The van der Waals surface area contributed by atoms with Crippen LogP contribution in [0.1, 0.15) is 11.1 Å². The smallest absolute Gasteiger partial charge is 0.238 e. The maximum atomic E-state index is 12.1. The molecule has 1 amide bonds. The van der Waals surface area contributed by atoms with E-state index in [1.807, 2.05) is 35.2 Å². The molecule has 0 bridgehead atoms. The number of amides is 1. The minimum absolute atomic E-state index is 0.110. The molecule has 0 saturated carbocycles. The monoisotopic (exact) mass is 311 g/mol. The second-order valence-corrected chi connectivity index (χ2v) is 5.41. The van der Waals surface area contributed by atoms with Gasteiger partial charge in [0.05, 0.1) is 13.7 Å². The lowest BCUT2D eigenvalue weighted by atomic mass is 10.1. The first kappa shape index (κ1) is 15.2. The summed E-state index contributed by atoms with van der Waals surface area (Å²) in [5.41, 5.74) is 2.64. The number of anilines is 1. The number of hydrogen-bond acceptors (Lipinski definition) is 5. The van der Waals surface area contributed by atoms with Gasteiger partial charge in [-0.1, -0.05) is 30.3 Å². The molecule has 6 nitrogen and oxygen atoms in total. The third kappa shape index (κ3) is 3.22. The number of rotatable bonds is 4. The van der Waals surface area contributed by atoms with Gasteiger partial charge in [-0.25, -0.2) is 0 Å². The fourth-order valence-electron chi connectivity index (χ4n) is 2.78. The van der Waals surface area contributed by atoms with E-state index in [4.69, 9.17) is 4.74 Å². The van der Waals surface area contributed by atoms with E-state index in [1.165, 1.54) is 7.11 Å². The molecule has 6 heteroatoms. The van der Waals surface area contributed by atoms with E-state index in [-0.39, 0.29) is 18.1 Å². The van der Waals surface area contributed by atoms with Gasteiger partial charge in [-0.05, 0) is 22.9 Å². The lowest BCUT2D eigenvalue weighted by molar-refractivity contribution is -0.117. The van der Waals surface area contributed by atoms with Crippen molar-refractivity contribution in [2.45, 2.75) is 13.1 Å². The topological polar surface area (TPSA) is 71.0 Å². The Bertz CT molecular complexity index is 731. The minimum Gasteiger partial charge on any atom is -0.494 e. The molecule has 0 atom stereocenters. The SMILES string of the molecule is COc1ccc2c(c1N=O)CN(Cc1ccccc1)CC(=O)N2. The lowest BCUT2D eigenvalue weighted by Crippen LogP contribution is -2.29. The highest BCUT2D eigenvalue weighted by Crippen LogP contribution is 2.38. The number of ether oxygens (including phenoxy) is 1. The molecule has 1 aliphatic heterocycles. The zero-order valence-electron chi connectivity index (χ0n) is 12.8. The molecule has 2 aromatic rings. The van der Waals surface area contributed by atoms with Crippen LogP contribution in [0.5, 0.6) is 5.75 Å². The number of hydrogen-bond donors (Lipinski definition) is 1. The summed E-state index contributed by atoms with van der Waals surface area (Å²) in [6, 6.07) is 13.3. The molecule has 0 aliphatic carbocycles. The first-order valence-corrected chi connectivity index (χ1v) is 7.30. The van der Waals surface area contributed by atoms with E-state index in [2.05, 4.69) is 10.5 Å². The summed E-state index contributed by atoms with van der Waals surface area (Å²) in [6.45, 7) is 1.31. The van der Waals surface area contributed by atoms with Crippen molar-refractivity contribution < 1.29 is 9.53 Å². The number of methoxy groups -OCH3 is 1. The summed E-state index contributed by atoms with van der Waals surface area (Å²) >= 11 is 0. The summed E-state index contributed by atoms with van der Waals surface area (Å²) in [7, 11) is 1.49.